The Kier molecular flexibility index (Phi) is 2.57. The molecule has 0 aliphatic rings. The fourth-order valence-corrected chi connectivity index (χ4v) is 1.55. The molecule has 0 saturated carbocycles. The van der Waals surface area contributed by atoms with E-state index < -0.39 is 7.12 Å². The third-order valence-electron chi connectivity index (χ3n) is 2.26. The van der Waals surface area contributed by atoms with Crippen molar-refractivity contribution < 1.29 is 14.8 Å². The molecule has 5 heteroatoms. The van der Waals surface area contributed by atoms with Crippen LogP contribution in [0.15, 0.2) is 30.5 Å². The minimum atomic E-state index is -1.52. The predicted molar refractivity (Wildman–Crippen MR) is 58.1 cm³/mol. The van der Waals surface area contributed by atoms with E-state index in [0.717, 1.165) is 5.39 Å². The van der Waals surface area contributed by atoms with E-state index >= 15 is 0 Å². The summed E-state index contributed by atoms with van der Waals surface area (Å²) < 4.78 is 5.16. The molecule has 0 aliphatic carbocycles. The van der Waals surface area contributed by atoms with E-state index in [2.05, 4.69) is 4.98 Å². The molecular weight excluding hydrogens is 193 g/mol. The first kappa shape index (κ1) is 9.95. The van der Waals surface area contributed by atoms with Crippen molar-refractivity contribution in [3.8, 4) is 5.75 Å². The van der Waals surface area contributed by atoms with Crippen molar-refractivity contribution in [3.05, 3.63) is 30.5 Å². The van der Waals surface area contributed by atoms with Crippen molar-refractivity contribution in [1.82, 2.24) is 4.98 Å². The van der Waals surface area contributed by atoms with E-state index in [4.69, 9.17) is 14.8 Å². The highest BCUT2D eigenvalue weighted by Crippen LogP contribution is 2.21. The van der Waals surface area contributed by atoms with Gasteiger partial charge in [0.15, 0.2) is 0 Å². The Hall–Kier alpha value is -1.59. The quantitative estimate of drug-likeness (QED) is 0.670. The van der Waals surface area contributed by atoms with Gasteiger partial charge in [0.25, 0.3) is 0 Å². The number of methoxy groups -OCH3 is 1. The largest absolute Gasteiger partial charge is 0.496 e. The van der Waals surface area contributed by atoms with Crippen LogP contribution in [0, 0.1) is 0 Å². The molecule has 0 spiro atoms. The molecule has 0 atom stereocenters. The molecule has 0 fully saturated rings. The zero-order chi connectivity index (χ0) is 10.8. The SMILES string of the molecule is COc1ccc(B(O)O)c2ncccc12. The Morgan fingerprint density at radius 1 is 1.27 bits per heavy atom. The lowest BCUT2D eigenvalue weighted by Crippen LogP contribution is -2.30. The molecule has 0 aliphatic heterocycles. The maximum atomic E-state index is 9.16. The molecule has 0 radical (unpaired) electrons. The van der Waals surface area contributed by atoms with Gasteiger partial charge in [-0.3, -0.25) is 4.98 Å². The molecule has 1 aromatic heterocycles. The first-order valence-electron chi connectivity index (χ1n) is 4.52. The molecule has 2 rings (SSSR count). The Bertz CT molecular complexity index is 487. The first-order chi connectivity index (χ1) is 7.24. The van der Waals surface area contributed by atoms with Gasteiger partial charge in [-0.25, -0.2) is 0 Å². The van der Waals surface area contributed by atoms with Crippen LogP contribution in [0.1, 0.15) is 0 Å². The van der Waals surface area contributed by atoms with Crippen LogP contribution in [0.3, 0.4) is 0 Å². The number of hydrogen-bond donors (Lipinski definition) is 2. The van der Waals surface area contributed by atoms with Crippen LogP contribution in [0.5, 0.6) is 5.75 Å². The fraction of sp³-hybridized carbons (Fsp3) is 0.100. The summed E-state index contributed by atoms with van der Waals surface area (Å²) in [5.41, 5.74) is 0.929. The highest BCUT2D eigenvalue weighted by atomic mass is 16.5. The van der Waals surface area contributed by atoms with Gasteiger partial charge in [0.2, 0.25) is 0 Å². The number of hydrogen-bond acceptors (Lipinski definition) is 4. The van der Waals surface area contributed by atoms with Gasteiger partial charge in [-0.15, -0.1) is 0 Å². The Balaban J connectivity index is 2.77. The van der Waals surface area contributed by atoms with Crippen molar-refractivity contribution in [1.29, 1.82) is 0 Å². The van der Waals surface area contributed by atoms with Gasteiger partial charge in [0, 0.05) is 17.0 Å². The third kappa shape index (κ3) is 1.67. The molecule has 15 heavy (non-hydrogen) atoms. The number of pyridine rings is 1. The van der Waals surface area contributed by atoms with E-state index in [-0.39, 0.29) is 0 Å². The van der Waals surface area contributed by atoms with Crippen molar-refractivity contribution >= 4 is 23.5 Å². The van der Waals surface area contributed by atoms with Crippen LogP contribution in [0.2, 0.25) is 0 Å². The smallest absolute Gasteiger partial charge is 0.490 e. The average molecular weight is 203 g/mol. The lowest BCUT2D eigenvalue weighted by atomic mass is 9.78. The standard InChI is InChI=1S/C10H10BNO3/c1-15-9-5-4-8(11(13)14)10-7(9)3-2-6-12-10/h2-6,13-14H,1H3. The normalized spacial score (nSPS) is 10.3. The van der Waals surface area contributed by atoms with Crippen molar-refractivity contribution in [2.45, 2.75) is 0 Å². The number of aromatic nitrogens is 1. The predicted octanol–water partition coefficient (Wildman–Crippen LogP) is -0.0768. The summed E-state index contributed by atoms with van der Waals surface area (Å²) in [5.74, 6) is 0.669. The van der Waals surface area contributed by atoms with Crippen LogP contribution in [0.4, 0.5) is 0 Å². The summed E-state index contributed by atoms with van der Waals surface area (Å²) >= 11 is 0. The Morgan fingerprint density at radius 2 is 2.07 bits per heavy atom. The summed E-state index contributed by atoms with van der Waals surface area (Å²) in [6, 6.07) is 6.89. The molecular formula is C10H10BNO3. The maximum Gasteiger partial charge on any atom is 0.490 e. The number of benzene rings is 1. The minimum Gasteiger partial charge on any atom is -0.496 e. The highest BCUT2D eigenvalue weighted by Gasteiger charge is 2.17. The summed E-state index contributed by atoms with van der Waals surface area (Å²) in [5, 5.41) is 19.1. The van der Waals surface area contributed by atoms with Crippen molar-refractivity contribution in [3.63, 3.8) is 0 Å². The van der Waals surface area contributed by atoms with Crippen LogP contribution < -0.4 is 10.2 Å². The second-order valence-electron chi connectivity index (χ2n) is 3.13. The number of rotatable bonds is 2. The molecule has 0 saturated heterocycles. The van der Waals surface area contributed by atoms with Crippen molar-refractivity contribution in [2.24, 2.45) is 0 Å². The topological polar surface area (TPSA) is 62.6 Å². The minimum absolute atomic E-state index is 0.381. The van der Waals surface area contributed by atoms with Crippen LogP contribution in [0.25, 0.3) is 10.9 Å². The molecule has 0 unspecified atom stereocenters. The van der Waals surface area contributed by atoms with E-state index in [9.17, 15) is 0 Å². The van der Waals surface area contributed by atoms with Gasteiger partial charge in [0.1, 0.15) is 5.75 Å². The van der Waals surface area contributed by atoms with Gasteiger partial charge in [-0.1, -0.05) is 6.07 Å². The summed E-state index contributed by atoms with van der Waals surface area (Å²) in [7, 11) is 0.0462. The van der Waals surface area contributed by atoms with Crippen LogP contribution >= 0.6 is 0 Å². The average Bonchev–Trinajstić information content (AvgIpc) is 2.27. The highest BCUT2D eigenvalue weighted by molar-refractivity contribution is 6.61. The maximum absolute atomic E-state index is 9.16. The zero-order valence-corrected chi connectivity index (χ0v) is 8.21. The summed E-state index contributed by atoms with van der Waals surface area (Å²) in [6.07, 6.45) is 1.60. The van der Waals surface area contributed by atoms with Gasteiger partial charge >= 0.3 is 7.12 Å². The molecule has 2 aromatic rings. The van der Waals surface area contributed by atoms with Crippen molar-refractivity contribution in [2.75, 3.05) is 7.11 Å². The first-order valence-corrected chi connectivity index (χ1v) is 4.52. The van der Waals surface area contributed by atoms with E-state index in [0.29, 0.717) is 16.7 Å². The monoisotopic (exact) mass is 203 g/mol. The summed E-state index contributed by atoms with van der Waals surface area (Å²) in [4.78, 5) is 4.11. The summed E-state index contributed by atoms with van der Waals surface area (Å²) in [6.45, 7) is 0. The van der Waals surface area contributed by atoms with Gasteiger partial charge < -0.3 is 14.8 Å². The molecule has 76 valence electrons. The van der Waals surface area contributed by atoms with E-state index in [1.54, 1.807) is 31.5 Å². The molecule has 0 amide bonds. The fourth-order valence-electron chi connectivity index (χ4n) is 1.55. The zero-order valence-electron chi connectivity index (χ0n) is 8.21. The molecule has 1 heterocycles. The van der Waals surface area contributed by atoms with E-state index in [1.165, 1.54) is 0 Å². The van der Waals surface area contributed by atoms with Gasteiger partial charge in [0.05, 0.1) is 12.6 Å². The molecule has 4 nitrogen and oxygen atoms in total. The van der Waals surface area contributed by atoms with Crippen LogP contribution in [-0.2, 0) is 0 Å². The number of fused-ring (bicyclic) bond motifs is 1. The van der Waals surface area contributed by atoms with Gasteiger partial charge in [-0.2, -0.15) is 0 Å². The van der Waals surface area contributed by atoms with Crippen LogP contribution in [-0.4, -0.2) is 29.3 Å². The Labute approximate surface area is 87.3 Å². The van der Waals surface area contributed by atoms with Gasteiger partial charge in [-0.05, 0) is 18.2 Å². The lowest BCUT2D eigenvalue weighted by Gasteiger charge is -2.08. The number of ether oxygens (including phenoxy) is 1. The van der Waals surface area contributed by atoms with E-state index in [1.807, 2.05) is 6.07 Å². The Morgan fingerprint density at radius 3 is 2.73 bits per heavy atom. The third-order valence-corrected chi connectivity index (χ3v) is 2.26. The molecule has 0 bridgehead atoms. The second-order valence-corrected chi connectivity index (χ2v) is 3.13. The number of nitrogens with zero attached hydrogens (tertiary/aromatic N) is 1. The lowest BCUT2D eigenvalue weighted by molar-refractivity contribution is 0.419. The molecule has 1 aromatic carbocycles. The second kappa shape index (κ2) is 3.88. The molecule has 2 N–H and O–H groups in total.